The second-order valence-electron chi connectivity index (χ2n) is 9.70. The molecule has 3 heterocycles. The number of para-hydroxylation sites is 2. The summed E-state index contributed by atoms with van der Waals surface area (Å²) in [6, 6.07) is 16.1. The number of nitrogens with zero attached hydrogens (tertiary/aromatic N) is 4. The van der Waals surface area contributed by atoms with Crippen LogP contribution in [-0.2, 0) is 17.9 Å². The predicted octanol–water partition coefficient (Wildman–Crippen LogP) is 4.76. The van der Waals surface area contributed by atoms with Gasteiger partial charge in [-0.3, -0.25) is 9.36 Å². The minimum atomic E-state index is -0.414. The van der Waals surface area contributed by atoms with E-state index in [4.69, 9.17) is 4.42 Å². The highest BCUT2D eigenvalue weighted by atomic mass is 16.4. The Hall–Kier alpha value is -3.61. The number of piperidine rings is 1. The summed E-state index contributed by atoms with van der Waals surface area (Å²) in [7, 11) is 0. The summed E-state index contributed by atoms with van der Waals surface area (Å²) in [5.41, 5.74) is 3.90. The molecule has 35 heavy (non-hydrogen) atoms. The number of fused-ring (bicyclic) bond motifs is 1. The Morgan fingerprint density at radius 3 is 2.57 bits per heavy atom. The lowest BCUT2D eigenvalue weighted by atomic mass is 9.95. The molecule has 0 aliphatic carbocycles. The van der Waals surface area contributed by atoms with Crippen molar-refractivity contribution >= 4 is 17.0 Å². The van der Waals surface area contributed by atoms with Crippen LogP contribution in [0.2, 0.25) is 0 Å². The molecule has 7 nitrogen and oxygen atoms in total. The van der Waals surface area contributed by atoms with Crippen LogP contribution in [0.25, 0.3) is 11.1 Å². The van der Waals surface area contributed by atoms with Crippen LogP contribution in [-0.4, -0.2) is 38.0 Å². The van der Waals surface area contributed by atoms with Gasteiger partial charge in [0.2, 0.25) is 5.91 Å². The number of likely N-dealkylation sites (tertiary alicyclic amines) is 1. The topological polar surface area (TPSA) is 73.3 Å². The van der Waals surface area contributed by atoms with Gasteiger partial charge in [0, 0.05) is 50.9 Å². The molecule has 2 aromatic carbocycles. The van der Waals surface area contributed by atoms with Gasteiger partial charge in [-0.05, 0) is 42.0 Å². The van der Waals surface area contributed by atoms with Crippen molar-refractivity contribution in [3.05, 3.63) is 88.4 Å². The standard InChI is InChI=1S/C28H32N4O3/c1-20(2)22-9-7-21(8-10-22)19-31-18-14-29-27(31)23-11-15-30(16-12-23)26(33)13-17-32-24-5-3-4-6-25(24)35-28(32)34/h3-10,14,18,20,23H,11-13,15-17,19H2,1-2H3. The molecule has 1 fully saturated rings. The van der Waals surface area contributed by atoms with E-state index in [-0.39, 0.29) is 12.3 Å². The third-order valence-corrected chi connectivity index (χ3v) is 7.08. The smallest absolute Gasteiger partial charge is 0.408 e. The molecular weight excluding hydrogens is 440 g/mol. The van der Waals surface area contributed by atoms with Crippen molar-refractivity contribution in [2.75, 3.05) is 13.1 Å². The van der Waals surface area contributed by atoms with Crippen molar-refractivity contribution in [1.82, 2.24) is 19.0 Å². The number of aryl methyl sites for hydroxylation is 1. The molecule has 4 aromatic rings. The quantitative estimate of drug-likeness (QED) is 0.389. The first-order valence-electron chi connectivity index (χ1n) is 12.5. The highest BCUT2D eigenvalue weighted by molar-refractivity contribution is 5.77. The van der Waals surface area contributed by atoms with E-state index >= 15 is 0 Å². The Balaban J connectivity index is 1.17. The third-order valence-electron chi connectivity index (χ3n) is 7.08. The summed E-state index contributed by atoms with van der Waals surface area (Å²) in [5.74, 6) is 1.63. The van der Waals surface area contributed by atoms with Gasteiger partial charge < -0.3 is 13.9 Å². The van der Waals surface area contributed by atoms with Gasteiger partial charge in [-0.15, -0.1) is 0 Å². The van der Waals surface area contributed by atoms with Crippen LogP contribution < -0.4 is 5.76 Å². The van der Waals surface area contributed by atoms with Crippen LogP contribution in [0.15, 0.2) is 70.1 Å². The summed E-state index contributed by atoms with van der Waals surface area (Å²) >= 11 is 0. The lowest BCUT2D eigenvalue weighted by Crippen LogP contribution is -2.39. The second-order valence-corrected chi connectivity index (χ2v) is 9.70. The molecule has 0 spiro atoms. The van der Waals surface area contributed by atoms with Crippen molar-refractivity contribution in [3.8, 4) is 0 Å². The molecule has 182 valence electrons. The Kier molecular flexibility index (Phi) is 6.57. The zero-order valence-electron chi connectivity index (χ0n) is 20.4. The van der Waals surface area contributed by atoms with Crippen LogP contribution in [0.5, 0.6) is 0 Å². The first-order valence-corrected chi connectivity index (χ1v) is 12.5. The fourth-order valence-corrected chi connectivity index (χ4v) is 5.00. The van der Waals surface area contributed by atoms with Gasteiger partial charge in [0.1, 0.15) is 5.82 Å². The van der Waals surface area contributed by atoms with Crippen molar-refractivity contribution in [1.29, 1.82) is 0 Å². The number of benzene rings is 2. The Labute approximate surface area is 205 Å². The maximum atomic E-state index is 12.9. The van der Waals surface area contributed by atoms with Crippen LogP contribution >= 0.6 is 0 Å². The maximum Gasteiger partial charge on any atom is 0.419 e. The summed E-state index contributed by atoms with van der Waals surface area (Å²) in [6.07, 6.45) is 6.00. The zero-order chi connectivity index (χ0) is 24.4. The van der Waals surface area contributed by atoms with E-state index in [1.807, 2.05) is 29.3 Å². The van der Waals surface area contributed by atoms with E-state index in [1.165, 1.54) is 11.1 Å². The minimum Gasteiger partial charge on any atom is -0.408 e. The molecule has 0 radical (unpaired) electrons. The van der Waals surface area contributed by atoms with Crippen molar-refractivity contribution in [2.24, 2.45) is 0 Å². The molecule has 1 amide bonds. The minimum absolute atomic E-state index is 0.0780. The predicted molar refractivity (Wildman–Crippen MR) is 136 cm³/mol. The number of carbonyl (C=O) groups is 1. The van der Waals surface area contributed by atoms with Gasteiger partial charge in [-0.25, -0.2) is 9.78 Å². The van der Waals surface area contributed by atoms with Crippen molar-refractivity contribution in [2.45, 2.75) is 58.0 Å². The van der Waals surface area contributed by atoms with E-state index in [0.717, 1.165) is 30.7 Å². The largest absolute Gasteiger partial charge is 0.419 e. The molecule has 0 unspecified atom stereocenters. The van der Waals surface area contributed by atoms with Gasteiger partial charge in [-0.1, -0.05) is 50.2 Å². The van der Waals surface area contributed by atoms with Gasteiger partial charge in [-0.2, -0.15) is 0 Å². The summed E-state index contributed by atoms with van der Waals surface area (Å²) in [5, 5.41) is 0. The average Bonchev–Trinajstić information content (AvgIpc) is 3.46. The highest BCUT2D eigenvalue weighted by Crippen LogP contribution is 2.28. The van der Waals surface area contributed by atoms with Crippen LogP contribution in [0.3, 0.4) is 0 Å². The number of hydrogen-bond donors (Lipinski definition) is 0. The molecule has 1 aliphatic heterocycles. The lowest BCUT2D eigenvalue weighted by Gasteiger charge is -2.32. The Morgan fingerprint density at radius 2 is 1.83 bits per heavy atom. The normalized spacial score (nSPS) is 14.8. The Bertz CT molecular complexity index is 1350. The number of imidazole rings is 1. The van der Waals surface area contributed by atoms with Gasteiger partial charge in [0.25, 0.3) is 0 Å². The zero-order valence-corrected chi connectivity index (χ0v) is 20.4. The van der Waals surface area contributed by atoms with Gasteiger partial charge in [0.05, 0.1) is 5.52 Å². The van der Waals surface area contributed by atoms with Crippen LogP contribution in [0.1, 0.15) is 61.9 Å². The summed E-state index contributed by atoms with van der Waals surface area (Å²) < 4.78 is 9.06. The first-order chi connectivity index (χ1) is 17.0. The Morgan fingerprint density at radius 1 is 1.09 bits per heavy atom. The molecule has 7 heteroatoms. The SMILES string of the molecule is CC(C)c1ccc(Cn2ccnc2C2CCN(C(=O)CCn3c(=O)oc4ccccc43)CC2)cc1. The fraction of sp³-hybridized carbons (Fsp3) is 0.393. The molecular formula is C28H32N4O3. The molecule has 0 saturated carbocycles. The molecule has 0 N–H and O–H groups in total. The second kappa shape index (κ2) is 9.94. The van der Waals surface area contributed by atoms with Crippen molar-refractivity contribution in [3.63, 3.8) is 0 Å². The van der Waals surface area contributed by atoms with Gasteiger partial charge in [0.15, 0.2) is 5.58 Å². The monoisotopic (exact) mass is 472 g/mol. The summed E-state index contributed by atoms with van der Waals surface area (Å²) in [4.78, 5) is 31.6. The van der Waals surface area contributed by atoms with Gasteiger partial charge >= 0.3 is 5.76 Å². The highest BCUT2D eigenvalue weighted by Gasteiger charge is 2.26. The molecule has 0 bridgehead atoms. The number of oxazole rings is 1. The van der Waals surface area contributed by atoms with Crippen LogP contribution in [0, 0.1) is 0 Å². The molecule has 2 aromatic heterocycles. The number of carbonyl (C=O) groups excluding carboxylic acids is 1. The van der Waals surface area contributed by atoms with Crippen molar-refractivity contribution < 1.29 is 9.21 Å². The third kappa shape index (κ3) is 4.94. The molecule has 0 atom stereocenters. The van der Waals surface area contributed by atoms with E-state index in [9.17, 15) is 9.59 Å². The lowest BCUT2D eigenvalue weighted by molar-refractivity contribution is -0.132. The molecule has 5 rings (SSSR count). The van der Waals surface area contributed by atoms with E-state index < -0.39 is 5.76 Å². The van der Waals surface area contributed by atoms with E-state index in [2.05, 4.69) is 53.9 Å². The number of rotatable bonds is 7. The maximum absolute atomic E-state index is 12.9. The average molecular weight is 473 g/mol. The number of hydrogen-bond acceptors (Lipinski definition) is 4. The number of amides is 1. The van der Waals surface area contributed by atoms with E-state index in [0.29, 0.717) is 37.1 Å². The first kappa shape index (κ1) is 23.1. The number of aromatic nitrogens is 3. The van der Waals surface area contributed by atoms with Crippen LogP contribution in [0.4, 0.5) is 0 Å². The molecule has 1 aliphatic rings. The van der Waals surface area contributed by atoms with E-state index in [1.54, 1.807) is 10.6 Å². The molecule has 1 saturated heterocycles. The fourth-order valence-electron chi connectivity index (χ4n) is 5.00. The summed E-state index contributed by atoms with van der Waals surface area (Å²) in [6.45, 7) is 6.97.